The van der Waals surface area contributed by atoms with Crippen LogP contribution < -0.4 is 10.1 Å². The number of phenolic OH excluding ortho intramolecular Hbond substituents is 1. The SMILES string of the molecule is COc1cc(C(C)Nc2cccc3n[se]nc23)ccc1O. The van der Waals surface area contributed by atoms with Gasteiger partial charge in [0.2, 0.25) is 0 Å². The van der Waals surface area contributed by atoms with Gasteiger partial charge in [-0.3, -0.25) is 0 Å². The van der Waals surface area contributed by atoms with Crippen molar-refractivity contribution in [2.45, 2.75) is 13.0 Å². The van der Waals surface area contributed by atoms with Crippen molar-refractivity contribution in [2.75, 3.05) is 12.4 Å². The number of aromatic hydroxyl groups is 1. The van der Waals surface area contributed by atoms with Gasteiger partial charge in [-0.05, 0) is 0 Å². The molecule has 0 aliphatic rings. The van der Waals surface area contributed by atoms with Crippen molar-refractivity contribution in [3.05, 3.63) is 42.0 Å². The molecule has 0 saturated carbocycles. The van der Waals surface area contributed by atoms with Crippen LogP contribution in [0.2, 0.25) is 0 Å². The Hall–Kier alpha value is -2.04. The van der Waals surface area contributed by atoms with E-state index in [1.54, 1.807) is 13.2 Å². The molecule has 1 heterocycles. The minimum atomic E-state index is -0.0366. The summed E-state index contributed by atoms with van der Waals surface area (Å²) in [6.07, 6.45) is 0. The summed E-state index contributed by atoms with van der Waals surface area (Å²) < 4.78 is 14.0. The number of fused-ring (bicyclic) bond motifs is 1. The van der Waals surface area contributed by atoms with E-state index in [9.17, 15) is 5.11 Å². The normalized spacial score (nSPS) is 12.3. The van der Waals surface area contributed by atoms with E-state index in [2.05, 4.69) is 20.2 Å². The molecule has 0 aliphatic heterocycles. The zero-order chi connectivity index (χ0) is 14.8. The topological polar surface area (TPSA) is 67.3 Å². The second-order valence-electron chi connectivity index (χ2n) is 4.73. The molecule has 0 aliphatic carbocycles. The molecule has 0 fully saturated rings. The van der Waals surface area contributed by atoms with Crippen LogP contribution in [-0.2, 0) is 0 Å². The Kier molecular flexibility index (Phi) is 3.81. The Morgan fingerprint density at radius 2 is 2.10 bits per heavy atom. The van der Waals surface area contributed by atoms with Gasteiger partial charge in [-0.2, -0.15) is 0 Å². The third kappa shape index (κ3) is 2.73. The third-order valence-corrected chi connectivity index (χ3v) is 4.50. The van der Waals surface area contributed by atoms with Crippen LogP contribution in [0.15, 0.2) is 36.4 Å². The molecule has 108 valence electrons. The summed E-state index contributed by atoms with van der Waals surface area (Å²) in [6, 6.07) is 11.4. The number of aromatic nitrogens is 2. The first kappa shape index (κ1) is 13.9. The Bertz CT molecular complexity index is 772. The molecule has 6 heteroatoms. The van der Waals surface area contributed by atoms with E-state index in [1.165, 1.54) is 0 Å². The zero-order valence-corrected chi connectivity index (χ0v) is 13.4. The average molecular weight is 348 g/mol. The Balaban J connectivity index is 1.89. The number of nitrogens with one attached hydrogen (secondary N) is 1. The van der Waals surface area contributed by atoms with Gasteiger partial charge < -0.3 is 0 Å². The fourth-order valence-corrected chi connectivity index (χ4v) is 3.36. The third-order valence-electron chi connectivity index (χ3n) is 3.36. The molecule has 5 nitrogen and oxygen atoms in total. The van der Waals surface area contributed by atoms with E-state index in [4.69, 9.17) is 4.74 Å². The molecule has 21 heavy (non-hydrogen) atoms. The predicted octanol–water partition coefficient (Wildman–Crippen LogP) is 2.57. The van der Waals surface area contributed by atoms with Crippen LogP contribution >= 0.6 is 0 Å². The quantitative estimate of drug-likeness (QED) is 0.710. The molecule has 0 saturated heterocycles. The molecular weight excluding hydrogens is 333 g/mol. The second kappa shape index (κ2) is 5.76. The summed E-state index contributed by atoms with van der Waals surface area (Å²) in [5.41, 5.74) is 3.91. The van der Waals surface area contributed by atoms with Crippen molar-refractivity contribution >= 4 is 31.7 Å². The molecule has 2 N–H and O–H groups in total. The monoisotopic (exact) mass is 349 g/mol. The molecule has 2 aromatic carbocycles. The summed E-state index contributed by atoms with van der Waals surface area (Å²) in [5, 5.41) is 13.1. The van der Waals surface area contributed by atoms with Crippen LogP contribution in [-0.4, -0.2) is 35.1 Å². The van der Waals surface area contributed by atoms with Crippen molar-refractivity contribution in [3.63, 3.8) is 0 Å². The number of benzene rings is 2. The van der Waals surface area contributed by atoms with Gasteiger partial charge in [0.05, 0.1) is 0 Å². The summed E-state index contributed by atoms with van der Waals surface area (Å²) >= 11 is -0.0366. The molecule has 0 amide bonds. The molecule has 0 radical (unpaired) electrons. The van der Waals surface area contributed by atoms with Gasteiger partial charge in [0.25, 0.3) is 0 Å². The summed E-state index contributed by atoms with van der Waals surface area (Å²) in [5.74, 6) is 0.619. The van der Waals surface area contributed by atoms with Crippen molar-refractivity contribution in [1.29, 1.82) is 0 Å². The van der Waals surface area contributed by atoms with Gasteiger partial charge >= 0.3 is 128 Å². The molecular formula is C15H15N3O2Se. The Morgan fingerprint density at radius 1 is 1.24 bits per heavy atom. The van der Waals surface area contributed by atoms with E-state index in [0.29, 0.717) is 5.75 Å². The molecule has 1 aromatic heterocycles. The van der Waals surface area contributed by atoms with Crippen molar-refractivity contribution in [1.82, 2.24) is 7.96 Å². The number of nitrogens with zero attached hydrogens (tertiary/aromatic N) is 2. The number of rotatable bonds is 4. The summed E-state index contributed by atoms with van der Waals surface area (Å²) in [6.45, 7) is 2.06. The molecule has 1 atom stereocenters. The maximum absolute atomic E-state index is 9.66. The number of phenols is 1. The first-order valence-electron chi connectivity index (χ1n) is 6.54. The molecule has 1 unspecified atom stereocenters. The van der Waals surface area contributed by atoms with Gasteiger partial charge in [-0.15, -0.1) is 0 Å². The number of ether oxygens (including phenoxy) is 1. The number of anilines is 1. The standard InChI is InChI=1S/C15H15N3O2Se/c1-9(10-6-7-13(19)14(8-10)20-2)16-11-4-3-5-12-15(11)18-21-17-12/h3-9,16,19H,1-2H3. The minimum absolute atomic E-state index is 0.0366. The van der Waals surface area contributed by atoms with E-state index >= 15 is 0 Å². The summed E-state index contributed by atoms with van der Waals surface area (Å²) in [7, 11) is 1.55. The average Bonchev–Trinajstić information content (AvgIpc) is 2.97. The van der Waals surface area contributed by atoms with E-state index in [-0.39, 0.29) is 26.8 Å². The van der Waals surface area contributed by atoms with Gasteiger partial charge in [-0.25, -0.2) is 0 Å². The van der Waals surface area contributed by atoms with Crippen LogP contribution in [0.3, 0.4) is 0 Å². The first-order valence-corrected chi connectivity index (χ1v) is 8.07. The fraction of sp³-hybridized carbons (Fsp3) is 0.200. The molecule has 0 spiro atoms. The zero-order valence-electron chi connectivity index (χ0n) is 11.7. The van der Waals surface area contributed by atoms with Gasteiger partial charge in [0.1, 0.15) is 0 Å². The molecule has 3 rings (SSSR count). The van der Waals surface area contributed by atoms with Gasteiger partial charge in [0.15, 0.2) is 0 Å². The van der Waals surface area contributed by atoms with E-state index in [1.807, 2.05) is 30.3 Å². The fourth-order valence-electron chi connectivity index (χ4n) is 2.20. The van der Waals surface area contributed by atoms with Crippen LogP contribution in [0.4, 0.5) is 5.69 Å². The Labute approximate surface area is 128 Å². The van der Waals surface area contributed by atoms with Crippen molar-refractivity contribution in [2.24, 2.45) is 0 Å². The Morgan fingerprint density at radius 3 is 2.90 bits per heavy atom. The molecule has 3 aromatic rings. The number of hydrogen-bond acceptors (Lipinski definition) is 5. The van der Waals surface area contributed by atoms with Crippen LogP contribution in [0.5, 0.6) is 11.5 Å². The molecule has 0 bridgehead atoms. The van der Waals surface area contributed by atoms with E-state index in [0.717, 1.165) is 22.3 Å². The van der Waals surface area contributed by atoms with Gasteiger partial charge in [-0.1, -0.05) is 0 Å². The number of methoxy groups -OCH3 is 1. The first-order chi connectivity index (χ1) is 10.2. The van der Waals surface area contributed by atoms with Crippen molar-refractivity contribution in [3.8, 4) is 11.5 Å². The van der Waals surface area contributed by atoms with Crippen LogP contribution in [0.25, 0.3) is 11.0 Å². The predicted molar refractivity (Wildman–Crippen MR) is 83.2 cm³/mol. The van der Waals surface area contributed by atoms with Crippen molar-refractivity contribution < 1.29 is 9.84 Å². The maximum atomic E-state index is 9.66. The van der Waals surface area contributed by atoms with Crippen LogP contribution in [0.1, 0.15) is 18.5 Å². The second-order valence-corrected chi connectivity index (χ2v) is 5.84. The van der Waals surface area contributed by atoms with Crippen LogP contribution in [0, 0.1) is 0 Å². The number of hydrogen-bond donors (Lipinski definition) is 2. The summed E-state index contributed by atoms with van der Waals surface area (Å²) in [4.78, 5) is 0. The van der Waals surface area contributed by atoms with E-state index < -0.39 is 0 Å². The van der Waals surface area contributed by atoms with Gasteiger partial charge in [0, 0.05) is 0 Å².